The number of hydrogen-bond acceptors (Lipinski definition) is 2. The second-order valence-electron chi connectivity index (χ2n) is 3.19. The van der Waals surface area contributed by atoms with Gasteiger partial charge in [-0.15, -0.1) is 0 Å². The number of rotatable bonds is 5. The number of halogens is 1. The Kier molecular flexibility index (Phi) is 4.24. The van der Waals surface area contributed by atoms with Gasteiger partial charge in [-0.3, -0.25) is 0 Å². The van der Waals surface area contributed by atoms with Gasteiger partial charge in [0.1, 0.15) is 5.82 Å². The van der Waals surface area contributed by atoms with E-state index >= 15 is 0 Å². The molecule has 0 fully saturated rings. The summed E-state index contributed by atoms with van der Waals surface area (Å²) in [4.78, 5) is 10.4. The van der Waals surface area contributed by atoms with Crippen LogP contribution in [0.1, 0.15) is 12.5 Å². The fourth-order valence-corrected chi connectivity index (χ4v) is 1.12. The highest BCUT2D eigenvalue weighted by Gasteiger charge is 2.10. The molecule has 0 aromatic heterocycles. The lowest BCUT2D eigenvalue weighted by atomic mass is 10.1. The fraction of sp³-hybridized carbons (Fsp3) is 0.364. The highest BCUT2D eigenvalue weighted by molar-refractivity contribution is 5.71. The maximum atomic E-state index is 13.1. The smallest absolute Gasteiger partial charge is 0.332 e. The van der Waals surface area contributed by atoms with E-state index in [0.717, 1.165) is 0 Å². The van der Waals surface area contributed by atoms with E-state index in [1.165, 1.54) is 13.0 Å². The predicted octanol–water partition coefficient (Wildman–Crippen LogP) is 1.86. The topological polar surface area (TPSA) is 46.5 Å². The third kappa shape index (κ3) is 3.67. The summed E-state index contributed by atoms with van der Waals surface area (Å²) < 4.78 is 18.1. The Morgan fingerprint density at radius 2 is 2.20 bits per heavy atom. The van der Waals surface area contributed by atoms with Crippen LogP contribution in [-0.2, 0) is 16.0 Å². The first-order chi connectivity index (χ1) is 7.11. The molecule has 0 heterocycles. The van der Waals surface area contributed by atoms with Crippen molar-refractivity contribution in [1.82, 2.24) is 0 Å². The maximum Gasteiger partial charge on any atom is 0.332 e. The maximum absolute atomic E-state index is 13.1. The van der Waals surface area contributed by atoms with Crippen LogP contribution in [0.4, 0.5) is 4.39 Å². The van der Waals surface area contributed by atoms with Crippen molar-refractivity contribution >= 4 is 5.97 Å². The minimum absolute atomic E-state index is 0.203. The molecule has 0 radical (unpaired) electrons. The van der Waals surface area contributed by atoms with Gasteiger partial charge in [0.2, 0.25) is 0 Å². The summed E-state index contributed by atoms with van der Waals surface area (Å²) in [6.45, 7) is 1.65. The molecule has 0 aliphatic rings. The van der Waals surface area contributed by atoms with Crippen molar-refractivity contribution in [3.63, 3.8) is 0 Å². The third-order valence-electron chi connectivity index (χ3n) is 2.04. The standard InChI is InChI=1S/C11H13FO3/c1-8(11(13)14)15-7-6-9-4-2-3-5-10(9)12/h2-5,8H,6-7H2,1H3,(H,13,14). The summed E-state index contributed by atoms with van der Waals surface area (Å²) in [5, 5.41) is 8.53. The summed E-state index contributed by atoms with van der Waals surface area (Å²) in [6.07, 6.45) is -0.471. The first-order valence-electron chi connectivity index (χ1n) is 4.69. The lowest BCUT2D eigenvalue weighted by molar-refractivity contribution is -0.149. The number of hydrogen-bond donors (Lipinski definition) is 1. The lowest BCUT2D eigenvalue weighted by Gasteiger charge is -2.08. The van der Waals surface area contributed by atoms with E-state index < -0.39 is 12.1 Å². The first-order valence-corrected chi connectivity index (χ1v) is 4.69. The molecule has 4 heteroatoms. The molecule has 0 saturated carbocycles. The van der Waals surface area contributed by atoms with Gasteiger partial charge in [-0.2, -0.15) is 0 Å². The number of carboxylic acid groups (broad SMARTS) is 1. The van der Waals surface area contributed by atoms with Crippen LogP contribution in [0.2, 0.25) is 0 Å². The summed E-state index contributed by atoms with van der Waals surface area (Å²) in [7, 11) is 0. The molecule has 3 nitrogen and oxygen atoms in total. The second-order valence-corrected chi connectivity index (χ2v) is 3.19. The molecular weight excluding hydrogens is 199 g/mol. The Morgan fingerprint density at radius 3 is 2.80 bits per heavy atom. The normalized spacial score (nSPS) is 12.4. The zero-order chi connectivity index (χ0) is 11.3. The minimum atomic E-state index is -1.01. The van der Waals surface area contributed by atoms with Gasteiger partial charge < -0.3 is 9.84 Å². The van der Waals surface area contributed by atoms with Crippen molar-refractivity contribution in [1.29, 1.82) is 0 Å². The average molecular weight is 212 g/mol. The molecule has 1 atom stereocenters. The SMILES string of the molecule is CC(OCCc1ccccc1F)C(=O)O. The third-order valence-corrected chi connectivity index (χ3v) is 2.04. The van der Waals surface area contributed by atoms with Crippen LogP contribution < -0.4 is 0 Å². The van der Waals surface area contributed by atoms with E-state index in [1.807, 2.05) is 0 Å². The highest BCUT2D eigenvalue weighted by Crippen LogP contribution is 2.07. The van der Waals surface area contributed by atoms with Crippen LogP contribution in [0.15, 0.2) is 24.3 Å². The summed E-state index contributed by atoms with van der Waals surface area (Å²) in [6, 6.07) is 6.37. The molecule has 1 aromatic rings. The van der Waals surface area contributed by atoms with Crippen LogP contribution in [0.3, 0.4) is 0 Å². The molecular formula is C11H13FO3. The zero-order valence-corrected chi connectivity index (χ0v) is 8.44. The Balaban J connectivity index is 2.38. The van der Waals surface area contributed by atoms with Gasteiger partial charge in [-0.1, -0.05) is 18.2 Å². The second kappa shape index (κ2) is 5.46. The molecule has 1 rings (SSSR count). The van der Waals surface area contributed by atoms with Crippen molar-refractivity contribution in [2.45, 2.75) is 19.4 Å². The van der Waals surface area contributed by atoms with Gasteiger partial charge in [-0.05, 0) is 25.0 Å². The Bertz CT molecular complexity index is 338. The molecule has 82 valence electrons. The van der Waals surface area contributed by atoms with E-state index in [1.54, 1.807) is 18.2 Å². The number of carboxylic acids is 1. The van der Waals surface area contributed by atoms with Crippen LogP contribution in [0.25, 0.3) is 0 Å². The molecule has 15 heavy (non-hydrogen) atoms. The van der Waals surface area contributed by atoms with Crippen LogP contribution in [0.5, 0.6) is 0 Å². The van der Waals surface area contributed by atoms with E-state index in [2.05, 4.69) is 0 Å². The summed E-state index contributed by atoms with van der Waals surface area (Å²) in [5.74, 6) is -1.30. The molecule has 0 amide bonds. The van der Waals surface area contributed by atoms with Gasteiger partial charge in [0.15, 0.2) is 6.10 Å². The molecule has 1 aromatic carbocycles. The largest absolute Gasteiger partial charge is 0.479 e. The zero-order valence-electron chi connectivity index (χ0n) is 8.44. The van der Waals surface area contributed by atoms with Crippen molar-refractivity contribution in [3.8, 4) is 0 Å². The quantitative estimate of drug-likeness (QED) is 0.810. The van der Waals surface area contributed by atoms with E-state index in [4.69, 9.17) is 9.84 Å². The average Bonchev–Trinajstić information content (AvgIpc) is 2.20. The molecule has 1 N–H and O–H groups in total. The Labute approximate surface area is 87.5 Å². The van der Waals surface area contributed by atoms with Crippen LogP contribution in [-0.4, -0.2) is 23.8 Å². The number of benzene rings is 1. The van der Waals surface area contributed by atoms with Gasteiger partial charge in [0.25, 0.3) is 0 Å². The van der Waals surface area contributed by atoms with Crippen molar-refractivity contribution < 1.29 is 19.0 Å². The number of ether oxygens (including phenoxy) is 1. The first kappa shape index (κ1) is 11.7. The van der Waals surface area contributed by atoms with Gasteiger partial charge >= 0.3 is 5.97 Å². The van der Waals surface area contributed by atoms with Gasteiger partial charge in [0.05, 0.1) is 6.61 Å². The van der Waals surface area contributed by atoms with Gasteiger partial charge in [0, 0.05) is 0 Å². The summed E-state index contributed by atoms with van der Waals surface area (Å²) in [5.41, 5.74) is 0.537. The monoisotopic (exact) mass is 212 g/mol. The predicted molar refractivity (Wildman–Crippen MR) is 53.2 cm³/mol. The van der Waals surface area contributed by atoms with Crippen LogP contribution >= 0.6 is 0 Å². The number of aliphatic carboxylic acids is 1. The van der Waals surface area contributed by atoms with Crippen LogP contribution in [0, 0.1) is 5.82 Å². The summed E-state index contributed by atoms with van der Waals surface area (Å²) >= 11 is 0. The Morgan fingerprint density at radius 1 is 1.53 bits per heavy atom. The van der Waals surface area contributed by atoms with Crippen molar-refractivity contribution in [3.05, 3.63) is 35.6 Å². The number of carbonyl (C=O) groups is 1. The van der Waals surface area contributed by atoms with Crippen molar-refractivity contribution in [2.24, 2.45) is 0 Å². The molecule has 0 aliphatic heterocycles. The fourth-order valence-electron chi connectivity index (χ4n) is 1.12. The van der Waals surface area contributed by atoms with Crippen molar-refractivity contribution in [2.75, 3.05) is 6.61 Å². The Hall–Kier alpha value is -1.42. The highest BCUT2D eigenvalue weighted by atomic mass is 19.1. The van der Waals surface area contributed by atoms with Gasteiger partial charge in [-0.25, -0.2) is 9.18 Å². The molecule has 1 unspecified atom stereocenters. The molecule has 0 aliphatic carbocycles. The molecule has 0 bridgehead atoms. The molecule has 0 spiro atoms. The minimum Gasteiger partial charge on any atom is -0.479 e. The van der Waals surface area contributed by atoms with E-state index in [9.17, 15) is 9.18 Å². The lowest BCUT2D eigenvalue weighted by Crippen LogP contribution is -2.21. The van der Waals surface area contributed by atoms with E-state index in [0.29, 0.717) is 12.0 Å². The molecule has 0 saturated heterocycles. The van der Waals surface area contributed by atoms with E-state index in [-0.39, 0.29) is 12.4 Å².